The fourth-order valence-corrected chi connectivity index (χ4v) is 3.48. The average molecular weight is 376 g/mol. The van der Waals surface area contributed by atoms with Gasteiger partial charge in [0.25, 0.3) is 10.0 Å². The summed E-state index contributed by atoms with van der Waals surface area (Å²) in [5.41, 5.74) is 1.86. The fourth-order valence-electron chi connectivity index (χ4n) is 2.39. The van der Waals surface area contributed by atoms with E-state index in [1.165, 1.54) is 32.2 Å². The van der Waals surface area contributed by atoms with Gasteiger partial charge >= 0.3 is 0 Å². The standard InChI is InChI=1S/C19H24N2O4S/c1-13(22)20-17-12-16(10-11-18(17)25-5)26(23,24)21-15-8-6-14(7-9-15)19(2,3)4/h6-12,21H,1-5H3,(H,20,22). The predicted molar refractivity (Wildman–Crippen MR) is 103 cm³/mol. The number of amides is 1. The lowest BCUT2D eigenvalue weighted by molar-refractivity contribution is -0.114. The Morgan fingerprint density at radius 3 is 2.15 bits per heavy atom. The molecule has 26 heavy (non-hydrogen) atoms. The molecule has 0 fully saturated rings. The molecule has 0 spiro atoms. The number of sulfonamides is 1. The van der Waals surface area contributed by atoms with E-state index < -0.39 is 10.0 Å². The van der Waals surface area contributed by atoms with Gasteiger partial charge in [0.1, 0.15) is 5.75 Å². The highest BCUT2D eigenvalue weighted by molar-refractivity contribution is 7.92. The van der Waals surface area contributed by atoms with Crippen LogP contribution in [0.3, 0.4) is 0 Å². The minimum atomic E-state index is -3.80. The number of carbonyl (C=O) groups is 1. The van der Waals surface area contributed by atoms with Crippen molar-refractivity contribution in [1.82, 2.24) is 0 Å². The van der Waals surface area contributed by atoms with E-state index in [0.717, 1.165) is 5.56 Å². The summed E-state index contributed by atoms with van der Waals surface area (Å²) in [6.07, 6.45) is 0. The van der Waals surface area contributed by atoms with Crippen LogP contribution < -0.4 is 14.8 Å². The third-order valence-electron chi connectivity index (χ3n) is 3.80. The van der Waals surface area contributed by atoms with E-state index in [1.54, 1.807) is 12.1 Å². The maximum atomic E-state index is 12.7. The number of carbonyl (C=O) groups excluding carboxylic acids is 1. The smallest absolute Gasteiger partial charge is 0.261 e. The van der Waals surface area contributed by atoms with Crippen LogP contribution in [0.25, 0.3) is 0 Å². The molecule has 2 N–H and O–H groups in total. The number of methoxy groups -OCH3 is 1. The molecule has 2 rings (SSSR count). The zero-order valence-electron chi connectivity index (χ0n) is 15.6. The Bertz CT molecular complexity index is 898. The Labute approximate surface area is 154 Å². The Kier molecular flexibility index (Phi) is 5.61. The minimum Gasteiger partial charge on any atom is -0.495 e. The van der Waals surface area contributed by atoms with Gasteiger partial charge < -0.3 is 10.1 Å². The van der Waals surface area contributed by atoms with Gasteiger partial charge in [-0.2, -0.15) is 0 Å². The first-order valence-corrected chi connectivity index (χ1v) is 9.60. The van der Waals surface area contributed by atoms with Crippen molar-refractivity contribution in [2.24, 2.45) is 0 Å². The molecule has 1 amide bonds. The van der Waals surface area contributed by atoms with Gasteiger partial charge in [-0.05, 0) is 41.3 Å². The topological polar surface area (TPSA) is 84.5 Å². The third kappa shape index (κ3) is 4.76. The molecule has 0 saturated carbocycles. The van der Waals surface area contributed by atoms with Crippen molar-refractivity contribution in [3.63, 3.8) is 0 Å². The lowest BCUT2D eigenvalue weighted by Crippen LogP contribution is -2.15. The second kappa shape index (κ2) is 7.37. The molecule has 0 aliphatic rings. The van der Waals surface area contributed by atoms with Gasteiger partial charge in [0.2, 0.25) is 5.91 Å². The lowest BCUT2D eigenvalue weighted by atomic mass is 9.87. The van der Waals surface area contributed by atoms with E-state index in [-0.39, 0.29) is 16.2 Å². The van der Waals surface area contributed by atoms with Gasteiger partial charge in [0.05, 0.1) is 17.7 Å². The van der Waals surface area contributed by atoms with Crippen molar-refractivity contribution in [2.45, 2.75) is 38.0 Å². The van der Waals surface area contributed by atoms with Crippen molar-refractivity contribution in [3.05, 3.63) is 48.0 Å². The van der Waals surface area contributed by atoms with E-state index in [1.807, 2.05) is 12.1 Å². The van der Waals surface area contributed by atoms with E-state index in [0.29, 0.717) is 17.1 Å². The molecule has 0 aromatic heterocycles. The van der Waals surface area contributed by atoms with Crippen molar-refractivity contribution < 1.29 is 17.9 Å². The highest BCUT2D eigenvalue weighted by Crippen LogP contribution is 2.29. The van der Waals surface area contributed by atoms with Crippen LogP contribution in [0.15, 0.2) is 47.4 Å². The summed E-state index contributed by atoms with van der Waals surface area (Å²) < 4.78 is 33.0. The van der Waals surface area contributed by atoms with Gasteiger partial charge in [-0.25, -0.2) is 8.42 Å². The Morgan fingerprint density at radius 1 is 1.04 bits per heavy atom. The predicted octanol–water partition coefficient (Wildman–Crippen LogP) is 3.75. The third-order valence-corrected chi connectivity index (χ3v) is 5.17. The largest absolute Gasteiger partial charge is 0.495 e. The summed E-state index contributed by atoms with van der Waals surface area (Å²) in [7, 11) is -2.35. The molecule has 0 bridgehead atoms. The second-order valence-corrected chi connectivity index (χ2v) is 8.66. The quantitative estimate of drug-likeness (QED) is 0.832. The Morgan fingerprint density at radius 2 is 1.65 bits per heavy atom. The zero-order valence-corrected chi connectivity index (χ0v) is 16.4. The normalized spacial score (nSPS) is 11.7. The molecule has 0 radical (unpaired) electrons. The van der Waals surface area contributed by atoms with Crippen LogP contribution in [0.1, 0.15) is 33.3 Å². The highest BCUT2D eigenvalue weighted by Gasteiger charge is 2.18. The molecule has 2 aromatic carbocycles. The molecular formula is C19H24N2O4S. The average Bonchev–Trinajstić information content (AvgIpc) is 2.53. The first kappa shape index (κ1) is 19.8. The summed E-state index contributed by atoms with van der Waals surface area (Å²) in [5.74, 6) is 0.0669. The van der Waals surface area contributed by atoms with E-state index >= 15 is 0 Å². The lowest BCUT2D eigenvalue weighted by Gasteiger charge is -2.19. The molecule has 0 heterocycles. The summed E-state index contributed by atoms with van der Waals surface area (Å²) in [6, 6.07) is 11.6. The zero-order chi connectivity index (χ0) is 19.5. The van der Waals surface area contributed by atoms with E-state index in [4.69, 9.17) is 4.74 Å². The van der Waals surface area contributed by atoms with E-state index in [2.05, 4.69) is 30.8 Å². The Balaban J connectivity index is 2.31. The van der Waals surface area contributed by atoms with Crippen molar-refractivity contribution in [1.29, 1.82) is 0 Å². The van der Waals surface area contributed by atoms with Crippen molar-refractivity contribution in [3.8, 4) is 5.75 Å². The molecule has 6 nitrogen and oxygen atoms in total. The van der Waals surface area contributed by atoms with Gasteiger partial charge in [-0.1, -0.05) is 32.9 Å². The minimum absolute atomic E-state index is 0.0132. The number of benzene rings is 2. The Hall–Kier alpha value is -2.54. The van der Waals surface area contributed by atoms with Gasteiger partial charge in [-0.15, -0.1) is 0 Å². The maximum absolute atomic E-state index is 12.7. The number of rotatable bonds is 5. The molecule has 0 saturated heterocycles. The van der Waals surface area contributed by atoms with E-state index in [9.17, 15) is 13.2 Å². The molecule has 0 unspecified atom stereocenters. The first-order valence-electron chi connectivity index (χ1n) is 8.12. The number of hydrogen-bond acceptors (Lipinski definition) is 4. The van der Waals surface area contributed by atoms with Crippen LogP contribution in [0, 0.1) is 0 Å². The SMILES string of the molecule is COc1ccc(S(=O)(=O)Nc2ccc(C(C)(C)C)cc2)cc1NC(C)=O. The van der Waals surface area contributed by atoms with Crippen LogP contribution in [0.2, 0.25) is 0 Å². The second-order valence-electron chi connectivity index (χ2n) is 6.98. The van der Waals surface area contributed by atoms with Crippen LogP contribution in [-0.2, 0) is 20.2 Å². The number of ether oxygens (including phenoxy) is 1. The van der Waals surface area contributed by atoms with Crippen LogP contribution >= 0.6 is 0 Å². The van der Waals surface area contributed by atoms with Crippen molar-refractivity contribution in [2.75, 3.05) is 17.1 Å². The number of hydrogen-bond donors (Lipinski definition) is 2. The molecule has 0 aliphatic carbocycles. The fraction of sp³-hybridized carbons (Fsp3) is 0.316. The van der Waals surface area contributed by atoms with Crippen LogP contribution in [0.4, 0.5) is 11.4 Å². The summed E-state index contributed by atoms with van der Waals surface area (Å²) in [5, 5.41) is 2.57. The molecule has 2 aromatic rings. The monoisotopic (exact) mass is 376 g/mol. The molecule has 0 aliphatic heterocycles. The van der Waals surface area contributed by atoms with Gasteiger partial charge in [0, 0.05) is 12.6 Å². The molecule has 7 heteroatoms. The first-order chi connectivity index (χ1) is 12.0. The van der Waals surface area contributed by atoms with Crippen LogP contribution in [-0.4, -0.2) is 21.4 Å². The highest BCUT2D eigenvalue weighted by atomic mass is 32.2. The van der Waals surface area contributed by atoms with Gasteiger partial charge in [0.15, 0.2) is 0 Å². The molecule has 0 atom stereocenters. The molecular weight excluding hydrogens is 352 g/mol. The summed E-state index contributed by atoms with van der Waals surface area (Å²) >= 11 is 0. The molecule has 140 valence electrons. The van der Waals surface area contributed by atoms with Crippen LogP contribution in [0.5, 0.6) is 5.75 Å². The maximum Gasteiger partial charge on any atom is 0.261 e. The number of anilines is 2. The summed E-state index contributed by atoms with van der Waals surface area (Å²) in [6.45, 7) is 7.61. The van der Waals surface area contributed by atoms with Crippen molar-refractivity contribution >= 4 is 27.3 Å². The number of nitrogens with one attached hydrogen (secondary N) is 2. The van der Waals surface area contributed by atoms with Gasteiger partial charge in [-0.3, -0.25) is 9.52 Å². The summed E-state index contributed by atoms with van der Waals surface area (Å²) in [4.78, 5) is 11.3.